The molecule has 0 aromatic heterocycles. The molecule has 3 nitrogen and oxygen atoms in total. The van der Waals surface area contributed by atoms with Crippen LogP contribution < -0.4 is 5.73 Å². The van der Waals surface area contributed by atoms with E-state index in [1.54, 1.807) is 0 Å². The van der Waals surface area contributed by atoms with E-state index in [0.29, 0.717) is 19.6 Å². The van der Waals surface area contributed by atoms with Gasteiger partial charge >= 0.3 is 0 Å². The fraction of sp³-hybridized carbons (Fsp3) is 1.00. The number of aliphatic hydroxyl groups is 1. The first-order chi connectivity index (χ1) is 5.27. The third kappa shape index (κ3) is 2.77. The van der Waals surface area contributed by atoms with Crippen LogP contribution in [-0.2, 0) is 4.74 Å². The standard InChI is InChI=1S/C8H17NO2/c9-5-3-8(10)2-1-6-11-7-4-8/h10H,1-7,9H2. The highest BCUT2D eigenvalue weighted by Crippen LogP contribution is 2.23. The van der Waals surface area contributed by atoms with E-state index in [2.05, 4.69) is 0 Å². The lowest BCUT2D eigenvalue weighted by atomic mass is 9.91. The van der Waals surface area contributed by atoms with Gasteiger partial charge < -0.3 is 15.6 Å². The Bertz CT molecular complexity index is 109. The molecule has 3 heteroatoms. The lowest BCUT2D eigenvalue weighted by Gasteiger charge is -2.24. The second kappa shape index (κ2) is 4.04. The van der Waals surface area contributed by atoms with Crippen LogP contribution >= 0.6 is 0 Å². The van der Waals surface area contributed by atoms with E-state index in [9.17, 15) is 5.11 Å². The van der Waals surface area contributed by atoms with Gasteiger partial charge in [0.2, 0.25) is 0 Å². The van der Waals surface area contributed by atoms with E-state index >= 15 is 0 Å². The quantitative estimate of drug-likeness (QED) is 0.608. The van der Waals surface area contributed by atoms with Crippen LogP contribution in [0.25, 0.3) is 0 Å². The molecule has 0 radical (unpaired) electrons. The maximum atomic E-state index is 9.89. The van der Waals surface area contributed by atoms with Crippen LogP contribution in [0.4, 0.5) is 0 Å². The van der Waals surface area contributed by atoms with Crippen molar-refractivity contribution in [2.45, 2.75) is 31.3 Å². The molecule has 1 heterocycles. The molecule has 0 aromatic rings. The molecule has 1 saturated heterocycles. The summed E-state index contributed by atoms with van der Waals surface area (Å²) < 4.78 is 5.24. The Hall–Kier alpha value is -0.120. The van der Waals surface area contributed by atoms with Crippen LogP contribution in [0.3, 0.4) is 0 Å². The molecule has 0 saturated carbocycles. The lowest BCUT2D eigenvalue weighted by Crippen LogP contribution is -2.31. The summed E-state index contributed by atoms with van der Waals surface area (Å²) in [6.07, 6.45) is 3.24. The molecular formula is C8H17NO2. The summed E-state index contributed by atoms with van der Waals surface area (Å²) in [5.41, 5.74) is 4.86. The number of rotatable bonds is 2. The minimum atomic E-state index is -0.536. The third-order valence-electron chi connectivity index (χ3n) is 2.25. The predicted molar refractivity (Wildman–Crippen MR) is 43.3 cm³/mol. The molecule has 1 rings (SSSR count). The Morgan fingerprint density at radius 2 is 2.18 bits per heavy atom. The summed E-state index contributed by atoms with van der Waals surface area (Å²) in [6, 6.07) is 0. The molecule has 1 aliphatic heterocycles. The van der Waals surface area contributed by atoms with Crippen LogP contribution in [-0.4, -0.2) is 30.5 Å². The van der Waals surface area contributed by atoms with Gasteiger partial charge in [0.25, 0.3) is 0 Å². The average molecular weight is 159 g/mol. The summed E-state index contributed by atoms with van der Waals surface area (Å²) in [5, 5.41) is 9.89. The first-order valence-electron chi connectivity index (χ1n) is 4.27. The van der Waals surface area contributed by atoms with E-state index in [1.807, 2.05) is 0 Å². The van der Waals surface area contributed by atoms with E-state index < -0.39 is 5.60 Å². The van der Waals surface area contributed by atoms with Crippen molar-refractivity contribution in [2.24, 2.45) is 5.73 Å². The SMILES string of the molecule is NCCC1(O)CCCOCC1. The Morgan fingerprint density at radius 1 is 1.36 bits per heavy atom. The summed E-state index contributed by atoms with van der Waals surface area (Å²) in [7, 11) is 0. The van der Waals surface area contributed by atoms with Crippen LogP contribution in [0.5, 0.6) is 0 Å². The molecule has 11 heavy (non-hydrogen) atoms. The van der Waals surface area contributed by atoms with Gasteiger partial charge in [-0.1, -0.05) is 0 Å². The van der Waals surface area contributed by atoms with Crippen LogP contribution in [0.2, 0.25) is 0 Å². The van der Waals surface area contributed by atoms with Gasteiger partial charge in [0.05, 0.1) is 5.60 Å². The molecule has 0 aliphatic carbocycles. The van der Waals surface area contributed by atoms with Gasteiger partial charge in [-0.3, -0.25) is 0 Å². The maximum Gasteiger partial charge on any atom is 0.0682 e. The van der Waals surface area contributed by atoms with Crippen LogP contribution in [0, 0.1) is 0 Å². The number of hydrogen-bond donors (Lipinski definition) is 2. The van der Waals surface area contributed by atoms with E-state index in [4.69, 9.17) is 10.5 Å². The predicted octanol–water partition coefficient (Wildman–Crippen LogP) is 0.267. The van der Waals surface area contributed by atoms with Gasteiger partial charge in [0.1, 0.15) is 0 Å². The van der Waals surface area contributed by atoms with Gasteiger partial charge in [-0.2, -0.15) is 0 Å². The fourth-order valence-electron chi connectivity index (χ4n) is 1.51. The average Bonchev–Trinajstić information content (AvgIpc) is 2.15. The van der Waals surface area contributed by atoms with Gasteiger partial charge in [-0.05, 0) is 32.2 Å². The summed E-state index contributed by atoms with van der Waals surface area (Å²) in [4.78, 5) is 0. The number of ether oxygens (including phenoxy) is 1. The Balaban J connectivity index is 2.38. The third-order valence-corrected chi connectivity index (χ3v) is 2.25. The normalized spacial score (nSPS) is 33.3. The molecule has 1 fully saturated rings. The molecule has 0 amide bonds. The monoisotopic (exact) mass is 159 g/mol. The van der Waals surface area contributed by atoms with Crippen molar-refractivity contribution >= 4 is 0 Å². The molecule has 66 valence electrons. The second-order valence-corrected chi connectivity index (χ2v) is 3.23. The van der Waals surface area contributed by atoms with Crippen molar-refractivity contribution < 1.29 is 9.84 Å². The van der Waals surface area contributed by atoms with E-state index in [-0.39, 0.29) is 0 Å². The van der Waals surface area contributed by atoms with Crippen molar-refractivity contribution in [3.8, 4) is 0 Å². The molecule has 0 aromatic carbocycles. The molecule has 0 bridgehead atoms. The van der Waals surface area contributed by atoms with Gasteiger partial charge in [-0.15, -0.1) is 0 Å². The van der Waals surface area contributed by atoms with Crippen molar-refractivity contribution in [3.05, 3.63) is 0 Å². The minimum Gasteiger partial charge on any atom is -0.390 e. The highest BCUT2D eigenvalue weighted by atomic mass is 16.5. The molecule has 1 unspecified atom stereocenters. The lowest BCUT2D eigenvalue weighted by molar-refractivity contribution is 0.0130. The highest BCUT2D eigenvalue weighted by Gasteiger charge is 2.26. The van der Waals surface area contributed by atoms with Crippen molar-refractivity contribution in [3.63, 3.8) is 0 Å². The van der Waals surface area contributed by atoms with Crippen LogP contribution in [0.15, 0.2) is 0 Å². The van der Waals surface area contributed by atoms with Crippen molar-refractivity contribution in [2.75, 3.05) is 19.8 Å². The topological polar surface area (TPSA) is 55.5 Å². The number of nitrogens with two attached hydrogens (primary N) is 1. The largest absolute Gasteiger partial charge is 0.390 e. The molecule has 1 atom stereocenters. The molecule has 0 spiro atoms. The second-order valence-electron chi connectivity index (χ2n) is 3.23. The zero-order valence-corrected chi connectivity index (χ0v) is 6.88. The summed E-state index contributed by atoms with van der Waals surface area (Å²) >= 11 is 0. The highest BCUT2D eigenvalue weighted by molar-refractivity contribution is 4.80. The van der Waals surface area contributed by atoms with Gasteiger partial charge in [0.15, 0.2) is 0 Å². The molecular weight excluding hydrogens is 142 g/mol. The Labute approximate surface area is 67.5 Å². The fourth-order valence-corrected chi connectivity index (χ4v) is 1.51. The summed E-state index contributed by atoms with van der Waals surface area (Å²) in [6.45, 7) is 2.03. The summed E-state index contributed by atoms with van der Waals surface area (Å²) in [5.74, 6) is 0. The van der Waals surface area contributed by atoms with E-state index in [1.165, 1.54) is 0 Å². The first kappa shape index (κ1) is 8.97. The van der Waals surface area contributed by atoms with Crippen molar-refractivity contribution in [1.82, 2.24) is 0 Å². The van der Waals surface area contributed by atoms with Gasteiger partial charge in [0, 0.05) is 13.2 Å². The van der Waals surface area contributed by atoms with Gasteiger partial charge in [-0.25, -0.2) is 0 Å². The number of hydrogen-bond acceptors (Lipinski definition) is 3. The minimum absolute atomic E-state index is 0.536. The Morgan fingerprint density at radius 3 is 2.91 bits per heavy atom. The Kier molecular flexibility index (Phi) is 3.30. The molecule has 1 aliphatic rings. The smallest absolute Gasteiger partial charge is 0.0682 e. The van der Waals surface area contributed by atoms with Crippen LogP contribution in [0.1, 0.15) is 25.7 Å². The zero-order chi connectivity index (χ0) is 8.16. The molecule has 3 N–H and O–H groups in total. The van der Waals surface area contributed by atoms with E-state index in [0.717, 1.165) is 25.9 Å². The van der Waals surface area contributed by atoms with Crippen molar-refractivity contribution in [1.29, 1.82) is 0 Å². The zero-order valence-electron chi connectivity index (χ0n) is 6.88. The maximum absolute atomic E-state index is 9.89. The first-order valence-corrected chi connectivity index (χ1v) is 4.27.